The number of aromatic amines is 1. The number of aliphatic hydroxyl groups is 1. The maximum absolute atomic E-state index is 10.4. The highest BCUT2D eigenvalue weighted by molar-refractivity contribution is 9.10. The molecule has 0 saturated heterocycles. The van der Waals surface area contributed by atoms with Gasteiger partial charge in [0.05, 0.1) is 6.10 Å². The van der Waals surface area contributed by atoms with E-state index >= 15 is 0 Å². The van der Waals surface area contributed by atoms with Crippen molar-refractivity contribution in [3.63, 3.8) is 0 Å². The van der Waals surface area contributed by atoms with Gasteiger partial charge in [0.1, 0.15) is 0 Å². The van der Waals surface area contributed by atoms with Gasteiger partial charge >= 0.3 is 0 Å². The summed E-state index contributed by atoms with van der Waals surface area (Å²) in [7, 11) is 2.02. The van der Waals surface area contributed by atoms with Crippen LogP contribution in [-0.2, 0) is 6.54 Å². The molecule has 3 aromatic rings. The first-order valence-corrected chi connectivity index (χ1v) is 8.99. The van der Waals surface area contributed by atoms with Crippen molar-refractivity contribution in [3.8, 4) is 0 Å². The minimum atomic E-state index is -0.494. The SMILES string of the molecule is CN(Cc1cc2ccc(Br)cc2[nH]1)CC(O)c1ccc(Br)cc1. The standard InChI is InChI=1S/C18H18Br2N2O/c1-22(11-18(23)12-2-5-14(19)6-3-12)10-16-8-13-4-7-15(20)9-17(13)21-16/h2-9,18,21,23H,10-11H2,1H3. The molecule has 1 unspecified atom stereocenters. The van der Waals surface area contributed by atoms with E-state index < -0.39 is 6.10 Å². The Hall–Kier alpha value is -1.14. The van der Waals surface area contributed by atoms with Crippen molar-refractivity contribution in [1.82, 2.24) is 9.88 Å². The molecule has 0 aliphatic heterocycles. The first-order valence-electron chi connectivity index (χ1n) is 7.40. The Morgan fingerprint density at radius 1 is 1.04 bits per heavy atom. The van der Waals surface area contributed by atoms with Gasteiger partial charge in [-0.1, -0.05) is 50.1 Å². The topological polar surface area (TPSA) is 39.3 Å². The lowest BCUT2D eigenvalue weighted by atomic mass is 10.1. The highest BCUT2D eigenvalue weighted by Crippen LogP contribution is 2.22. The number of hydrogen-bond acceptors (Lipinski definition) is 2. The number of halogens is 2. The number of hydrogen-bond donors (Lipinski definition) is 2. The molecule has 3 nitrogen and oxygen atoms in total. The van der Waals surface area contributed by atoms with Gasteiger partial charge in [-0.15, -0.1) is 0 Å². The monoisotopic (exact) mass is 436 g/mol. The summed E-state index contributed by atoms with van der Waals surface area (Å²) in [5.74, 6) is 0. The normalized spacial score (nSPS) is 12.9. The number of rotatable bonds is 5. The molecule has 3 rings (SSSR count). The lowest BCUT2D eigenvalue weighted by molar-refractivity contribution is 0.123. The molecule has 0 aliphatic rings. The van der Waals surface area contributed by atoms with Crippen LogP contribution in [0.25, 0.3) is 10.9 Å². The first kappa shape index (κ1) is 16.7. The molecule has 0 aliphatic carbocycles. The van der Waals surface area contributed by atoms with Crippen LogP contribution in [0.15, 0.2) is 57.5 Å². The van der Waals surface area contributed by atoms with Crippen molar-refractivity contribution in [2.24, 2.45) is 0 Å². The number of aliphatic hydroxyl groups excluding tert-OH is 1. The van der Waals surface area contributed by atoms with E-state index in [1.807, 2.05) is 37.4 Å². The van der Waals surface area contributed by atoms with Crippen LogP contribution in [0.4, 0.5) is 0 Å². The second kappa shape index (κ2) is 7.18. The number of nitrogens with one attached hydrogen (secondary N) is 1. The molecular weight excluding hydrogens is 420 g/mol. The van der Waals surface area contributed by atoms with Gasteiger partial charge in [0, 0.05) is 33.2 Å². The van der Waals surface area contributed by atoms with Gasteiger partial charge in [-0.2, -0.15) is 0 Å². The number of nitrogens with zero attached hydrogens (tertiary/aromatic N) is 1. The Morgan fingerprint density at radius 2 is 1.74 bits per heavy atom. The van der Waals surface area contributed by atoms with Crippen LogP contribution in [0.2, 0.25) is 0 Å². The molecule has 120 valence electrons. The van der Waals surface area contributed by atoms with Gasteiger partial charge in [0.25, 0.3) is 0 Å². The van der Waals surface area contributed by atoms with Crippen molar-refractivity contribution in [2.45, 2.75) is 12.6 Å². The molecule has 0 bridgehead atoms. The lowest BCUT2D eigenvalue weighted by Gasteiger charge is -2.20. The lowest BCUT2D eigenvalue weighted by Crippen LogP contribution is -2.24. The van der Waals surface area contributed by atoms with E-state index in [0.717, 1.165) is 32.3 Å². The van der Waals surface area contributed by atoms with Crippen LogP contribution < -0.4 is 0 Å². The average Bonchev–Trinajstić information content (AvgIpc) is 2.88. The van der Waals surface area contributed by atoms with Crippen LogP contribution >= 0.6 is 31.9 Å². The fraction of sp³-hybridized carbons (Fsp3) is 0.222. The zero-order valence-electron chi connectivity index (χ0n) is 12.8. The molecule has 2 aromatic carbocycles. The molecule has 0 amide bonds. The molecule has 23 heavy (non-hydrogen) atoms. The van der Waals surface area contributed by atoms with Gasteiger partial charge in [0.2, 0.25) is 0 Å². The molecular formula is C18H18Br2N2O. The van der Waals surface area contributed by atoms with Gasteiger partial charge in [-0.05, 0) is 48.3 Å². The third-order valence-corrected chi connectivity index (χ3v) is 4.84. The van der Waals surface area contributed by atoms with Gasteiger partial charge < -0.3 is 10.1 Å². The van der Waals surface area contributed by atoms with Gasteiger partial charge in [-0.25, -0.2) is 0 Å². The quantitative estimate of drug-likeness (QED) is 0.598. The Bertz CT molecular complexity index is 798. The fourth-order valence-corrected chi connectivity index (χ4v) is 3.31. The van der Waals surface area contributed by atoms with Crippen LogP contribution in [0, 0.1) is 0 Å². The number of benzene rings is 2. The van der Waals surface area contributed by atoms with Crippen LogP contribution in [-0.4, -0.2) is 28.6 Å². The zero-order chi connectivity index (χ0) is 16.4. The van der Waals surface area contributed by atoms with Crippen molar-refractivity contribution in [3.05, 3.63) is 68.7 Å². The van der Waals surface area contributed by atoms with E-state index in [-0.39, 0.29) is 0 Å². The number of fused-ring (bicyclic) bond motifs is 1. The van der Waals surface area contributed by atoms with E-state index in [0.29, 0.717) is 6.54 Å². The van der Waals surface area contributed by atoms with E-state index in [1.165, 1.54) is 5.39 Å². The number of H-pyrrole nitrogens is 1. The summed E-state index contributed by atoms with van der Waals surface area (Å²) in [6, 6.07) is 16.2. The van der Waals surface area contributed by atoms with Crippen molar-refractivity contribution in [1.29, 1.82) is 0 Å². The van der Waals surface area contributed by atoms with Crippen LogP contribution in [0.5, 0.6) is 0 Å². The maximum atomic E-state index is 10.4. The summed E-state index contributed by atoms with van der Waals surface area (Å²) in [4.78, 5) is 5.55. The number of likely N-dealkylation sites (N-methyl/N-ethyl adjacent to an activating group) is 1. The van der Waals surface area contributed by atoms with Crippen molar-refractivity contribution >= 4 is 42.8 Å². The Kier molecular flexibility index (Phi) is 5.21. The molecule has 5 heteroatoms. The summed E-state index contributed by atoms with van der Waals surface area (Å²) >= 11 is 6.90. The summed E-state index contributed by atoms with van der Waals surface area (Å²) < 4.78 is 2.09. The third-order valence-electron chi connectivity index (χ3n) is 3.82. The highest BCUT2D eigenvalue weighted by atomic mass is 79.9. The molecule has 1 heterocycles. The van der Waals surface area contributed by atoms with Crippen molar-refractivity contribution in [2.75, 3.05) is 13.6 Å². The third kappa shape index (κ3) is 4.23. The predicted octanol–water partition coefficient (Wildman–Crippen LogP) is 4.86. The predicted molar refractivity (Wildman–Crippen MR) is 101 cm³/mol. The second-order valence-electron chi connectivity index (χ2n) is 5.79. The van der Waals surface area contributed by atoms with Gasteiger partial charge in [-0.3, -0.25) is 4.90 Å². The highest BCUT2D eigenvalue weighted by Gasteiger charge is 2.12. The smallest absolute Gasteiger partial charge is 0.0916 e. The molecule has 0 radical (unpaired) electrons. The van der Waals surface area contributed by atoms with E-state index in [2.05, 4.69) is 59.9 Å². The van der Waals surface area contributed by atoms with Gasteiger partial charge in [0.15, 0.2) is 0 Å². The summed E-state index contributed by atoms with van der Waals surface area (Å²) in [6.07, 6.45) is -0.494. The fourth-order valence-electron chi connectivity index (χ4n) is 2.69. The first-order chi connectivity index (χ1) is 11.0. The van der Waals surface area contributed by atoms with Crippen LogP contribution in [0.1, 0.15) is 17.4 Å². The second-order valence-corrected chi connectivity index (χ2v) is 7.62. The number of aromatic nitrogens is 1. The minimum Gasteiger partial charge on any atom is -0.387 e. The van der Waals surface area contributed by atoms with Crippen molar-refractivity contribution < 1.29 is 5.11 Å². The zero-order valence-corrected chi connectivity index (χ0v) is 15.9. The van der Waals surface area contributed by atoms with Crippen LogP contribution in [0.3, 0.4) is 0 Å². The minimum absolute atomic E-state index is 0.494. The Morgan fingerprint density at radius 3 is 2.48 bits per heavy atom. The average molecular weight is 438 g/mol. The summed E-state index contributed by atoms with van der Waals surface area (Å²) in [5, 5.41) is 11.6. The molecule has 0 saturated carbocycles. The van der Waals surface area contributed by atoms with E-state index in [4.69, 9.17) is 0 Å². The molecule has 0 fully saturated rings. The summed E-state index contributed by atoms with van der Waals surface area (Å²) in [6.45, 7) is 1.35. The molecule has 1 atom stereocenters. The molecule has 1 aromatic heterocycles. The molecule has 2 N–H and O–H groups in total. The largest absolute Gasteiger partial charge is 0.387 e. The maximum Gasteiger partial charge on any atom is 0.0916 e. The Labute approximate surface area is 152 Å². The van der Waals surface area contributed by atoms with E-state index in [9.17, 15) is 5.11 Å². The Balaban J connectivity index is 1.65. The summed E-state index contributed by atoms with van der Waals surface area (Å²) in [5.41, 5.74) is 3.19. The van der Waals surface area contributed by atoms with E-state index in [1.54, 1.807) is 0 Å². The molecule has 0 spiro atoms.